The van der Waals surface area contributed by atoms with Gasteiger partial charge in [0.05, 0.1) is 11.2 Å². The lowest BCUT2D eigenvalue weighted by molar-refractivity contribution is 0.571. The first kappa shape index (κ1) is 19.8. The fraction of sp³-hybridized carbons (Fsp3) is 0.143. The van der Waals surface area contributed by atoms with Crippen LogP contribution < -0.4 is 5.32 Å². The van der Waals surface area contributed by atoms with E-state index in [2.05, 4.69) is 15.3 Å². The molecule has 30 heavy (non-hydrogen) atoms. The van der Waals surface area contributed by atoms with Gasteiger partial charge in [0.25, 0.3) is 0 Å². The van der Waals surface area contributed by atoms with Crippen molar-refractivity contribution in [1.29, 1.82) is 0 Å². The van der Waals surface area contributed by atoms with Gasteiger partial charge in [-0.05, 0) is 42.8 Å². The molecule has 0 aliphatic heterocycles. The number of halogens is 1. The van der Waals surface area contributed by atoms with Gasteiger partial charge in [0, 0.05) is 31.0 Å². The molecule has 0 bridgehead atoms. The minimum Gasteiger partial charge on any atom is -0.419 e. The summed E-state index contributed by atoms with van der Waals surface area (Å²) in [7, 11) is -3.90. The molecule has 0 spiro atoms. The monoisotopic (exact) mass is 426 g/mol. The molecule has 4 aromatic rings. The van der Waals surface area contributed by atoms with Crippen molar-refractivity contribution in [3.8, 4) is 11.5 Å². The third-order valence-electron chi connectivity index (χ3n) is 4.43. The number of benzene rings is 2. The Hall–Kier alpha value is -3.46. The molecule has 0 radical (unpaired) electrons. The standard InChI is InChI=1S/C21H19FN4O3S/c22-17-9-7-16(8-10-17)19-25-21(30(27,28)18-5-2-1-3-6-18)20(29-19)24-11-4-13-26-14-12-23-15-26/h1-3,5-10,12,14-15,24H,4,11,13H2. The molecule has 2 heterocycles. The Bertz CT molecular complexity index is 1210. The van der Waals surface area contributed by atoms with Gasteiger partial charge in [-0.15, -0.1) is 0 Å². The van der Waals surface area contributed by atoms with Crippen LogP contribution in [-0.4, -0.2) is 29.5 Å². The molecular formula is C21H19FN4O3S. The third-order valence-corrected chi connectivity index (χ3v) is 6.11. The number of sulfone groups is 1. The van der Waals surface area contributed by atoms with Gasteiger partial charge in [-0.3, -0.25) is 0 Å². The van der Waals surface area contributed by atoms with Crippen molar-refractivity contribution < 1.29 is 17.2 Å². The Morgan fingerprint density at radius 3 is 2.53 bits per heavy atom. The van der Waals surface area contributed by atoms with Crippen molar-refractivity contribution in [2.75, 3.05) is 11.9 Å². The molecular weight excluding hydrogens is 407 g/mol. The van der Waals surface area contributed by atoms with Gasteiger partial charge in [0.2, 0.25) is 26.6 Å². The van der Waals surface area contributed by atoms with Gasteiger partial charge in [-0.25, -0.2) is 17.8 Å². The Kier molecular flexibility index (Phi) is 5.62. The SMILES string of the molecule is O=S(=O)(c1ccccc1)c1nc(-c2ccc(F)cc2)oc1NCCCn1ccnc1. The maximum absolute atomic E-state index is 13.3. The van der Waals surface area contributed by atoms with Crippen molar-refractivity contribution in [2.24, 2.45) is 0 Å². The summed E-state index contributed by atoms with van der Waals surface area (Å²) in [6.45, 7) is 1.18. The van der Waals surface area contributed by atoms with E-state index in [1.165, 1.54) is 36.4 Å². The summed E-state index contributed by atoms with van der Waals surface area (Å²) in [5, 5.41) is 2.84. The van der Waals surface area contributed by atoms with Crippen LogP contribution in [0.4, 0.5) is 10.3 Å². The first-order valence-corrected chi connectivity index (χ1v) is 10.8. The van der Waals surface area contributed by atoms with Crippen LogP contribution in [0.1, 0.15) is 6.42 Å². The maximum atomic E-state index is 13.3. The summed E-state index contributed by atoms with van der Waals surface area (Å²) in [6.07, 6.45) is 5.98. The molecule has 0 saturated heterocycles. The molecule has 0 aliphatic rings. The molecule has 7 nitrogen and oxygen atoms in total. The average Bonchev–Trinajstić information content (AvgIpc) is 3.43. The number of imidazole rings is 1. The van der Waals surface area contributed by atoms with E-state index < -0.39 is 15.7 Å². The summed E-state index contributed by atoms with van der Waals surface area (Å²) < 4.78 is 47.2. The second-order valence-corrected chi connectivity index (χ2v) is 8.42. The quantitative estimate of drug-likeness (QED) is 0.428. The first-order valence-electron chi connectivity index (χ1n) is 9.30. The van der Waals surface area contributed by atoms with Crippen molar-refractivity contribution >= 4 is 15.7 Å². The highest BCUT2D eigenvalue weighted by Gasteiger charge is 2.28. The number of nitrogens with one attached hydrogen (secondary N) is 1. The summed E-state index contributed by atoms with van der Waals surface area (Å²) >= 11 is 0. The molecule has 2 aromatic carbocycles. The normalized spacial score (nSPS) is 11.5. The summed E-state index contributed by atoms with van der Waals surface area (Å²) in [6, 6.07) is 13.5. The van der Waals surface area contributed by atoms with Crippen LogP contribution in [0.5, 0.6) is 0 Å². The van der Waals surface area contributed by atoms with E-state index in [-0.39, 0.29) is 21.7 Å². The topological polar surface area (TPSA) is 90.0 Å². The second-order valence-electron chi connectivity index (χ2n) is 6.56. The largest absolute Gasteiger partial charge is 0.419 e. The molecule has 0 saturated carbocycles. The van der Waals surface area contributed by atoms with Gasteiger partial charge in [0.15, 0.2) is 0 Å². The Balaban J connectivity index is 1.63. The molecule has 2 aromatic heterocycles. The zero-order valence-corrected chi connectivity index (χ0v) is 16.7. The number of hydrogen-bond acceptors (Lipinski definition) is 6. The molecule has 4 rings (SSSR count). The van der Waals surface area contributed by atoms with Crippen molar-refractivity contribution in [1.82, 2.24) is 14.5 Å². The van der Waals surface area contributed by atoms with Crippen LogP contribution >= 0.6 is 0 Å². The van der Waals surface area contributed by atoms with Crippen LogP contribution in [0.25, 0.3) is 11.5 Å². The number of aromatic nitrogens is 3. The number of hydrogen-bond donors (Lipinski definition) is 1. The van der Waals surface area contributed by atoms with Crippen LogP contribution in [0.2, 0.25) is 0 Å². The van der Waals surface area contributed by atoms with Crippen molar-refractivity contribution in [2.45, 2.75) is 22.9 Å². The Labute approximate surface area is 173 Å². The van der Waals surface area contributed by atoms with Gasteiger partial charge < -0.3 is 14.3 Å². The lowest BCUT2D eigenvalue weighted by Gasteiger charge is -2.06. The van der Waals surface area contributed by atoms with Crippen molar-refractivity contribution in [3.05, 3.63) is 79.1 Å². The predicted molar refractivity (Wildman–Crippen MR) is 109 cm³/mol. The van der Waals surface area contributed by atoms with E-state index in [1.807, 2.05) is 10.8 Å². The van der Waals surface area contributed by atoms with Gasteiger partial charge in [-0.2, -0.15) is 4.98 Å². The van der Waals surface area contributed by atoms with Crippen LogP contribution in [-0.2, 0) is 16.4 Å². The lowest BCUT2D eigenvalue weighted by Crippen LogP contribution is -2.09. The number of rotatable bonds is 8. The van der Waals surface area contributed by atoms with E-state index in [9.17, 15) is 12.8 Å². The number of oxazole rings is 1. The number of nitrogens with zero attached hydrogens (tertiary/aromatic N) is 3. The van der Waals surface area contributed by atoms with Gasteiger partial charge >= 0.3 is 0 Å². The van der Waals surface area contributed by atoms with Crippen LogP contribution in [0.3, 0.4) is 0 Å². The zero-order valence-electron chi connectivity index (χ0n) is 15.9. The molecule has 9 heteroatoms. The molecule has 0 fully saturated rings. The summed E-state index contributed by atoms with van der Waals surface area (Å²) in [4.78, 5) is 8.34. The molecule has 0 atom stereocenters. The van der Waals surface area contributed by atoms with E-state index >= 15 is 0 Å². The minimum atomic E-state index is -3.90. The van der Waals surface area contributed by atoms with Crippen molar-refractivity contribution in [3.63, 3.8) is 0 Å². The van der Waals surface area contributed by atoms with Crippen LogP contribution in [0.15, 0.2) is 87.7 Å². The molecule has 0 amide bonds. The minimum absolute atomic E-state index is 0.0591. The summed E-state index contributed by atoms with van der Waals surface area (Å²) in [5.74, 6) is -0.245. The lowest BCUT2D eigenvalue weighted by atomic mass is 10.2. The number of anilines is 1. The molecule has 0 aliphatic carbocycles. The van der Waals surface area contributed by atoms with E-state index in [0.29, 0.717) is 25.1 Å². The second kappa shape index (κ2) is 8.50. The number of aryl methyl sites for hydroxylation is 1. The molecule has 1 N–H and O–H groups in total. The van der Waals surface area contributed by atoms with Gasteiger partial charge in [-0.1, -0.05) is 18.2 Å². The van der Waals surface area contributed by atoms with E-state index in [4.69, 9.17) is 4.42 Å². The van der Waals surface area contributed by atoms with Gasteiger partial charge in [0.1, 0.15) is 5.82 Å². The third kappa shape index (κ3) is 4.25. The summed E-state index contributed by atoms with van der Waals surface area (Å²) in [5.41, 5.74) is 0.479. The molecule has 154 valence electrons. The van der Waals surface area contributed by atoms with E-state index in [0.717, 1.165) is 0 Å². The highest BCUT2D eigenvalue weighted by Crippen LogP contribution is 2.32. The first-order chi connectivity index (χ1) is 14.5. The average molecular weight is 426 g/mol. The zero-order chi connectivity index (χ0) is 21.0. The highest BCUT2D eigenvalue weighted by molar-refractivity contribution is 7.91. The Morgan fingerprint density at radius 2 is 1.83 bits per heavy atom. The molecule has 0 unspecified atom stereocenters. The van der Waals surface area contributed by atoms with Crippen LogP contribution in [0, 0.1) is 5.82 Å². The predicted octanol–water partition coefficient (Wildman–Crippen LogP) is 4.01. The smallest absolute Gasteiger partial charge is 0.233 e. The Morgan fingerprint density at radius 1 is 1.07 bits per heavy atom. The highest BCUT2D eigenvalue weighted by atomic mass is 32.2. The fourth-order valence-corrected chi connectivity index (χ4v) is 4.21. The fourth-order valence-electron chi connectivity index (χ4n) is 2.91. The van der Waals surface area contributed by atoms with E-state index in [1.54, 1.807) is 30.7 Å². The maximum Gasteiger partial charge on any atom is 0.233 e.